The van der Waals surface area contributed by atoms with E-state index >= 15 is 0 Å². The molecule has 3 fully saturated rings. The topological polar surface area (TPSA) is 121 Å². The van der Waals surface area contributed by atoms with Gasteiger partial charge in [0.1, 0.15) is 6.10 Å². The largest absolute Gasteiger partial charge is 1.00 e. The van der Waals surface area contributed by atoms with Crippen molar-refractivity contribution in [1.82, 2.24) is 0 Å². The summed E-state index contributed by atoms with van der Waals surface area (Å²) in [6, 6.07) is 19.6. The van der Waals surface area contributed by atoms with Crippen molar-refractivity contribution in [2.24, 2.45) is 0 Å². The molecule has 2 bridgehead atoms. The fraction of sp³-hybridized carbons (Fsp3) is 0.500. The number of quaternary nitrogens is 1. The van der Waals surface area contributed by atoms with Gasteiger partial charge in [0.15, 0.2) is 0 Å². The lowest BCUT2D eigenvalue weighted by Crippen LogP contribution is -3.00. The molecule has 2 aromatic carbocycles. The molecule has 3 atom stereocenters. The zero-order valence-corrected chi connectivity index (χ0v) is 22.8. The lowest BCUT2D eigenvalue weighted by Gasteiger charge is -2.47. The van der Waals surface area contributed by atoms with Gasteiger partial charge in [-0.15, -0.1) is 0 Å². The van der Waals surface area contributed by atoms with Crippen LogP contribution in [0.25, 0.3) is 0 Å². The fourth-order valence-electron chi connectivity index (χ4n) is 6.70. The first-order valence-electron chi connectivity index (χ1n) is 13.6. The lowest BCUT2D eigenvalue weighted by atomic mass is 9.86. The van der Waals surface area contributed by atoms with Crippen LogP contribution < -0.4 is 12.4 Å². The number of rotatable bonds is 8. The van der Waals surface area contributed by atoms with E-state index in [1.165, 1.54) is 43.3 Å². The van der Waals surface area contributed by atoms with E-state index in [1.807, 2.05) is 36.4 Å². The van der Waals surface area contributed by atoms with E-state index in [0.717, 1.165) is 12.8 Å². The van der Waals surface area contributed by atoms with E-state index in [0.29, 0.717) is 23.2 Å². The number of nitrogens with zero attached hydrogens (tertiary/aromatic N) is 1. The molecule has 39 heavy (non-hydrogen) atoms. The summed E-state index contributed by atoms with van der Waals surface area (Å²) in [6.45, 7) is 2.60. The number of hydrogen-bond donors (Lipinski definition) is 3. The van der Waals surface area contributed by atoms with Gasteiger partial charge in [0, 0.05) is 51.4 Å². The molecule has 0 radical (unpaired) electrons. The van der Waals surface area contributed by atoms with Crippen molar-refractivity contribution in [2.45, 2.75) is 81.6 Å². The number of carboxylic acid groups (broad SMARTS) is 2. The Bertz CT molecular complexity index is 1040. The monoisotopic (exact) mass is 559 g/mol. The maximum atomic E-state index is 13.4. The second kappa shape index (κ2) is 13.4. The zero-order valence-electron chi connectivity index (χ0n) is 22.1. The number of carbonyl (C=O) groups excluding carboxylic acids is 1. The van der Waals surface area contributed by atoms with Crippen molar-refractivity contribution in [3.05, 3.63) is 71.8 Å². The predicted molar refractivity (Wildman–Crippen MR) is 140 cm³/mol. The Morgan fingerprint density at radius 2 is 1.23 bits per heavy atom. The number of esters is 1. The van der Waals surface area contributed by atoms with Gasteiger partial charge in [-0.2, -0.15) is 0 Å². The molecule has 0 saturated carbocycles. The van der Waals surface area contributed by atoms with Gasteiger partial charge in [0.25, 0.3) is 0 Å². The van der Waals surface area contributed by atoms with Crippen molar-refractivity contribution in [1.29, 1.82) is 0 Å². The summed E-state index contributed by atoms with van der Waals surface area (Å²) >= 11 is 0. The Balaban J connectivity index is 0.000000366. The van der Waals surface area contributed by atoms with Crippen LogP contribution in [0.1, 0.15) is 68.9 Å². The minimum Gasteiger partial charge on any atom is -1.00 e. The highest BCUT2D eigenvalue weighted by Gasteiger charge is 2.56. The molecule has 0 amide bonds. The molecular formula is C30H38ClNO7. The average molecular weight is 560 g/mol. The summed E-state index contributed by atoms with van der Waals surface area (Å²) in [5.74, 6) is -2.44. The standard InChI is InChI=1S/C25H30NO3.C5H8O4.ClH/c27-24(25(28,19-9-3-1-4-10-19)20-11-5-2-6-12-20)29-23-17-21-13-14-22(18-23)26(21)15-7-8-16-26;6-4(7)2-1-3-5(8)9;/h1-6,9-12,21-23,28H,7-8,13-18H2;1-3H2,(H,6,7)(H,8,9);1H/q+1;;/p-1/t21-,22+,23?;;. The number of hydrogen-bond acceptors (Lipinski definition) is 5. The number of carboxylic acids is 2. The highest BCUT2D eigenvalue weighted by atomic mass is 35.5. The van der Waals surface area contributed by atoms with Crippen LogP contribution in [-0.2, 0) is 24.7 Å². The quantitative estimate of drug-likeness (QED) is 0.327. The van der Waals surface area contributed by atoms with Gasteiger partial charge >= 0.3 is 17.9 Å². The number of ether oxygens (including phenoxy) is 1. The van der Waals surface area contributed by atoms with Crippen molar-refractivity contribution in [3.8, 4) is 0 Å². The van der Waals surface area contributed by atoms with Crippen LogP contribution in [0, 0.1) is 0 Å². The van der Waals surface area contributed by atoms with Gasteiger partial charge in [-0.1, -0.05) is 60.7 Å². The van der Waals surface area contributed by atoms with E-state index in [2.05, 4.69) is 0 Å². The molecular weight excluding hydrogens is 522 g/mol. The molecule has 3 aliphatic rings. The van der Waals surface area contributed by atoms with Crippen molar-refractivity contribution in [3.63, 3.8) is 0 Å². The molecule has 1 spiro atoms. The summed E-state index contributed by atoms with van der Waals surface area (Å²) in [4.78, 5) is 33.0. The molecule has 8 nitrogen and oxygen atoms in total. The summed E-state index contributed by atoms with van der Waals surface area (Å²) in [6.07, 6.45) is 7.02. The third-order valence-corrected chi connectivity index (χ3v) is 8.49. The SMILES string of the molecule is O=C(O)CCCC(=O)O.O=C(OC1C[C@H]2CC[C@@H](C1)[N+]21CCCC1)C(O)(c1ccccc1)c1ccccc1.[Cl-]. The average Bonchev–Trinajstić information content (AvgIpc) is 3.45. The number of benzene rings is 2. The van der Waals surface area contributed by atoms with E-state index < -0.39 is 23.5 Å². The van der Waals surface area contributed by atoms with Crippen LogP contribution in [0.15, 0.2) is 60.7 Å². The first-order chi connectivity index (χ1) is 18.3. The number of aliphatic hydroxyl groups is 1. The highest BCUT2D eigenvalue weighted by Crippen LogP contribution is 2.46. The Hall–Kier alpha value is -2.94. The first kappa shape index (κ1) is 30.6. The Morgan fingerprint density at radius 3 is 1.64 bits per heavy atom. The van der Waals surface area contributed by atoms with Gasteiger partial charge in [0.05, 0.1) is 25.2 Å². The van der Waals surface area contributed by atoms with Crippen molar-refractivity contribution < 1.29 is 51.3 Å². The van der Waals surface area contributed by atoms with Crippen molar-refractivity contribution >= 4 is 17.9 Å². The second-order valence-electron chi connectivity index (χ2n) is 10.7. The van der Waals surface area contributed by atoms with Crippen LogP contribution in [0.2, 0.25) is 0 Å². The van der Waals surface area contributed by atoms with Gasteiger partial charge < -0.3 is 36.9 Å². The molecule has 3 saturated heterocycles. The molecule has 0 aliphatic carbocycles. The van der Waals surface area contributed by atoms with Gasteiger partial charge in [-0.3, -0.25) is 9.59 Å². The van der Waals surface area contributed by atoms with Crippen LogP contribution in [0.3, 0.4) is 0 Å². The Kier molecular flexibility index (Phi) is 10.5. The van der Waals surface area contributed by atoms with Gasteiger partial charge in [-0.25, -0.2) is 4.79 Å². The maximum absolute atomic E-state index is 13.4. The molecule has 5 rings (SSSR count). The molecule has 2 aromatic rings. The summed E-state index contributed by atoms with van der Waals surface area (Å²) < 4.78 is 7.32. The maximum Gasteiger partial charge on any atom is 0.347 e. The lowest BCUT2D eigenvalue weighted by molar-refractivity contribution is -0.956. The molecule has 3 aliphatic heterocycles. The smallest absolute Gasteiger partial charge is 0.347 e. The number of piperidine rings is 1. The summed E-state index contributed by atoms with van der Waals surface area (Å²) in [7, 11) is 0. The van der Waals surface area contributed by atoms with E-state index in [4.69, 9.17) is 14.9 Å². The van der Waals surface area contributed by atoms with Crippen LogP contribution in [0.5, 0.6) is 0 Å². The van der Waals surface area contributed by atoms with Gasteiger partial charge in [-0.05, 0) is 17.5 Å². The van der Waals surface area contributed by atoms with Gasteiger partial charge in [0.2, 0.25) is 5.60 Å². The zero-order chi connectivity index (χ0) is 27.2. The molecule has 1 unspecified atom stereocenters. The molecule has 0 aromatic heterocycles. The predicted octanol–water partition coefficient (Wildman–Crippen LogP) is 1.10. The van der Waals surface area contributed by atoms with E-state index in [1.54, 1.807) is 24.3 Å². The molecule has 3 N–H and O–H groups in total. The van der Waals surface area contributed by atoms with Crippen molar-refractivity contribution in [2.75, 3.05) is 13.1 Å². The first-order valence-corrected chi connectivity index (χ1v) is 13.6. The Morgan fingerprint density at radius 1 is 0.795 bits per heavy atom. The third-order valence-electron chi connectivity index (χ3n) is 8.49. The number of aliphatic carboxylic acids is 2. The summed E-state index contributed by atoms with van der Waals surface area (Å²) in [5, 5.41) is 27.7. The number of halogens is 1. The molecule has 3 heterocycles. The van der Waals surface area contributed by atoms with E-state index in [-0.39, 0.29) is 37.8 Å². The third kappa shape index (κ3) is 6.80. The molecule has 212 valence electrons. The highest BCUT2D eigenvalue weighted by molar-refractivity contribution is 5.85. The van der Waals surface area contributed by atoms with Crippen LogP contribution >= 0.6 is 0 Å². The minimum absolute atomic E-state index is 0. The number of carbonyl (C=O) groups is 3. The molecule has 9 heteroatoms. The Labute approximate surface area is 235 Å². The fourth-order valence-corrected chi connectivity index (χ4v) is 6.70. The van der Waals surface area contributed by atoms with Crippen LogP contribution in [-0.4, -0.2) is 69.0 Å². The van der Waals surface area contributed by atoms with Crippen LogP contribution in [0.4, 0.5) is 0 Å². The summed E-state index contributed by atoms with van der Waals surface area (Å²) in [5.41, 5.74) is -0.671. The van der Waals surface area contributed by atoms with E-state index in [9.17, 15) is 19.5 Å². The second-order valence-corrected chi connectivity index (χ2v) is 10.7. The minimum atomic E-state index is -1.78. The normalized spacial score (nSPS) is 22.7.